The van der Waals surface area contributed by atoms with E-state index in [1.807, 2.05) is 54.6 Å². The molecule has 0 heterocycles. The van der Waals surface area contributed by atoms with E-state index in [0.29, 0.717) is 12.0 Å². The normalized spacial score (nSPS) is 10.3. The number of hydrogen-bond donors (Lipinski definition) is 0. The minimum atomic E-state index is 0.0617. The molecule has 0 spiro atoms. The predicted octanol–water partition coefficient (Wildman–Crippen LogP) is 4.38. The number of unbranched alkanes of at least 4 members (excludes halogenated alkanes) is 2. The van der Waals surface area contributed by atoms with E-state index in [1.165, 1.54) is 0 Å². The number of carbonyl (C=O) groups excluding carboxylic acids is 2. The summed E-state index contributed by atoms with van der Waals surface area (Å²) < 4.78 is 0. The summed E-state index contributed by atoms with van der Waals surface area (Å²) in [5.41, 5.74) is 1.47. The zero-order valence-corrected chi connectivity index (χ0v) is 12.6. The lowest BCUT2D eigenvalue weighted by atomic mass is 10.0. The van der Waals surface area contributed by atoms with Gasteiger partial charge in [0.25, 0.3) is 0 Å². The van der Waals surface area contributed by atoms with Gasteiger partial charge in [-0.15, -0.1) is 11.8 Å². The monoisotopic (exact) mass is 298 g/mol. The highest BCUT2D eigenvalue weighted by Crippen LogP contribution is 2.25. The summed E-state index contributed by atoms with van der Waals surface area (Å²) >= 11 is 1.68. The van der Waals surface area contributed by atoms with Crippen molar-refractivity contribution in [2.24, 2.45) is 0 Å². The Morgan fingerprint density at radius 1 is 0.952 bits per heavy atom. The average Bonchev–Trinajstić information content (AvgIpc) is 2.55. The van der Waals surface area contributed by atoms with Crippen LogP contribution in [0.3, 0.4) is 0 Å². The van der Waals surface area contributed by atoms with Crippen LogP contribution in [0.1, 0.15) is 35.2 Å². The van der Waals surface area contributed by atoms with Crippen LogP contribution in [0.5, 0.6) is 0 Å². The molecule has 0 aliphatic carbocycles. The second kappa shape index (κ2) is 8.42. The lowest BCUT2D eigenvalue weighted by Crippen LogP contribution is -2.02. The van der Waals surface area contributed by atoms with Gasteiger partial charge < -0.3 is 4.79 Å². The van der Waals surface area contributed by atoms with Gasteiger partial charge in [-0.1, -0.05) is 42.5 Å². The minimum absolute atomic E-state index is 0.0617. The quantitative estimate of drug-likeness (QED) is 0.314. The largest absolute Gasteiger partial charge is 0.303 e. The third kappa shape index (κ3) is 4.57. The number of aldehydes is 1. The molecule has 3 heteroatoms. The van der Waals surface area contributed by atoms with Crippen LogP contribution < -0.4 is 0 Å². The van der Waals surface area contributed by atoms with E-state index in [4.69, 9.17) is 0 Å². The third-order valence-electron chi connectivity index (χ3n) is 3.14. The summed E-state index contributed by atoms with van der Waals surface area (Å²) in [4.78, 5) is 23.8. The van der Waals surface area contributed by atoms with Crippen molar-refractivity contribution in [1.82, 2.24) is 0 Å². The van der Waals surface area contributed by atoms with Crippen LogP contribution in [-0.2, 0) is 4.79 Å². The first-order valence-electron chi connectivity index (χ1n) is 7.08. The molecule has 0 aromatic heterocycles. The van der Waals surface area contributed by atoms with Crippen LogP contribution in [0, 0.1) is 0 Å². The number of thioether (sulfide) groups is 1. The molecule has 0 amide bonds. The smallest absolute Gasteiger partial charge is 0.194 e. The molecule has 0 saturated heterocycles. The Bertz CT molecular complexity index is 593. The maximum absolute atomic E-state index is 12.5. The Labute approximate surface area is 129 Å². The second-order valence-corrected chi connectivity index (χ2v) is 5.84. The Balaban J connectivity index is 2.06. The third-order valence-corrected chi connectivity index (χ3v) is 4.30. The molecule has 0 saturated carbocycles. The van der Waals surface area contributed by atoms with Crippen molar-refractivity contribution < 1.29 is 9.59 Å². The molecule has 2 nitrogen and oxygen atoms in total. The summed E-state index contributed by atoms with van der Waals surface area (Å²) in [5, 5.41) is 0. The van der Waals surface area contributed by atoms with Gasteiger partial charge in [0.2, 0.25) is 0 Å². The number of ketones is 1. The molecule has 2 aromatic rings. The van der Waals surface area contributed by atoms with Gasteiger partial charge in [-0.3, -0.25) is 4.79 Å². The fourth-order valence-corrected chi connectivity index (χ4v) is 3.10. The van der Waals surface area contributed by atoms with E-state index in [2.05, 4.69) is 0 Å². The van der Waals surface area contributed by atoms with Gasteiger partial charge in [0.1, 0.15) is 6.29 Å². The molecule has 0 atom stereocenters. The molecular weight excluding hydrogens is 280 g/mol. The molecule has 108 valence electrons. The second-order valence-electron chi connectivity index (χ2n) is 4.70. The Morgan fingerprint density at radius 3 is 2.43 bits per heavy atom. The van der Waals surface area contributed by atoms with Crippen LogP contribution in [-0.4, -0.2) is 17.8 Å². The van der Waals surface area contributed by atoms with Crippen molar-refractivity contribution >= 4 is 23.8 Å². The van der Waals surface area contributed by atoms with Crippen molar-refractivity contribution in [1.29, 1.82) is 0 Å². The molecule has 0 bridgehead atoms. The van der Waals surface area contributed by atoms with Gasteiger partial charge in [-0.25, -0.2) is 0 Å². The zero-order valence-electron chi connectivity index (χ0n) is 11.8. The lowest BCUT2D eigenvalue weighted by molar-refractivity contribution is -0.107. The van der Waals surface area contributed by atoms with E-state index in [1.54, 1.807) is 11.8 Å². The van der Waals surface area contributed by atoms with Gasteiger partial charge in [-0.2, -0.15) is 0 Å². The topological polar surface area (TPSA) is 34.1 Å². The van der Waals surface area contributed by atoms with E-state index in [9.17, 15) is 9.59 Å². The van der Waals surface area contributed by atoms with E-state index >= 15 is 0 Å². The molecule has 0 radical (unpaired) electrons. The summed E-state index contributed by atoms with van der Waals surface area (Å²) in [6.07, 6.45) is 3.46. The van der Waals surface area contributed by atoms with Gasteiger partial charge in [0.05, 0.1) is 0 Å². The summed E-state index contributed by atoms with van der Waals surface area (Å²) in [6.45, 7) is 0. The maximum Gasteiger partial charge on any atom is 0.194 e. The number of rotatable bonds is 8. The van der Waals surface area contributed by atoms with Gasteiger partial charge >= 0.3 is 0 Å². The van der Waals surface area contributed by atoms with Crippen molar-refractivity contribution in [3.63, 3.8) is 0 Å². The summed E-state index contributed by atoms with van der Waals surface area (Å²) in [7, 11) is 0. The molecule has 0 aliphatic rings. The highest BCUT2D eigenvalue weighted by atomic mass is 32.2. The van der Waals surface area contributed by atoms with Crippen molar-refractivity contribution in [3.8, 4) is 0 Å². The lowest BCUT2D eigenvalue weighted by Gasteiger charge is -2.08. The molecule has 0 fully saturated rings. The van der Waals surface area contributed by atoms with Gasteiger partial charge in [0.15, 0.2) is 5.78 Å². The first-order chi connectivity index (χ1) is 10.3. The maximum atomic E-state index is 12.5. The molecule has 0 aliphatic heterocycles. The summed E-state index contributed by atoms with van der Waals surface area (Å²) in [5.74, 6) is 0.985. The van der Waals surface area contributed by atoms with E-state index < -0.39 is 0 Å². The Hall–Kier alpha value is -1.87. The SMILES string of the molecule is O=CCCCCSc1ccccc1C(=O)c1ccccc1. The number of hydrogen-bond acceptors (Lipinski definition) is 3. The van der Waals surface area contributed by atoms with E-state index in [0.717, 1.165) is 35.3 Å². The standard InChI is InChI=1S/C18H18O2S/c19-13-7-2-8-14-21-17-12-6-5-11-16(17)18(20)15-9-3-1-4-10-15/h1,3-6,9-13H,2,7-8,14H2. The first kappa shape index (κ1) is 15.5. The van der Waals surface area contributed by atoms with Crippen LogP contribution >= 0.6 is 11.8 Å². The Morgan fingerprint density at radius 2 is 1.67 bits per heavy atom. The van der Waals surface area contributed by atoms with Crippen molar-refractivity contribution in [3.05, 3.63) is 65.7 Å². The van der Waals surface area contributed by atoms with E-state index in [-0.39, 0.29) is 5.78 Å². The molecule has 2 aromatic carbocycles. The van der Waals surface area contributed by atoms with Crippen LogP contribution in [0.15, 0.2) is 59.5 Å². The van der Waals surface area contributed by atoms with Gasteiger partial charge in [0, 0.05) is 22.4 Å². The van der Waals surface area contributed by atoms with Crippen molar-refractivity contribution in [2.45, 2.75) is 24.2 Å². The van der Waals surface area contributed by atoms with Gasteiger partial charge in [-0.05, 0) is 30.7 Å². The Kier molecular flexibility index (Phi) is 6.22. The average molecular weight is 298 g/mol. The zero-order chi connectivity index (χ0) is 14.9. The van der Waals surface area contributed by atoms with Crippen LogP contribution in [0.2, 0.25) is 0 Å². The molecule has 0 N–H and O–H groups in total. The molecule has 0 unspecified atom stereocenters. The molecule has 2 rings (SSSR count). The molecular formula is C18H18O2S. The first-order valence-corrected chi connectivity index (χ1v) is 8.06. The minimum Gasteiger partial charge on any atom is -0.303 e. The predicted molar refractivity (Wildman–Crippen MR) is 87.0 cm³/mol. The fraction of sp³-hybridized carbons (Fsp3) is 0.222. The fourth-order valence-electron chi connectivity index (χ4n) is 2.04. The molecule has 21 heavy (non-hydrogen) atoms. The van der Waals surface area contributed by atoms with Crippen LogP contribution in [0.4, 0.5) is 0 Å². The highest BCUT2D eigenvalue weighted by molar-refractivity contribution is 7.99. The summed E-state index contributed by atoms with van der Waals surface area (Å²) in [6, 6.07) is 17.1. The van der Waals surface area contributed by atoms with Crippen molar-refractivity contribution in [2.75, 3.05) is 5.75 Å². The van der Waals surface area contributed by atoms with Crippen LogP contribution in [0.25, 0.3) is 0 Å². The number of benzene rings is 2. The highest BCUT2D eigenvalue weighted by Gasteiger charge is 2.12. The number of carbonyl (C=O) groups is 2.